The minimum absolute atomic E-state index is 0.789. The number of rotatable bonds is 1. The highest BCUT2D eigenvalue weighted by atomic mass is 32.1. The maximum absolute atomic E-state index is 5.60. The minimum atomic E-state index is 0.789. The first-order valence-corrected chi connectivity index (χ1v) is 4.91. The maximum Gasteiger partial charge on any atom is 0.0840 e. The molecule has 0 aliphatic carbocycles. The molecule has 1 heterocycles. The van der Waals surface area contributed by atoms with E-state index in [0.717, 1.165) is 16.9 Å². The van der Waals surface area contributed by atoms with E-state index >= 15 is 0 Å². The van der Waals surface area contributed by atoms with Crippen molar-refractivity contribution < 1.29 is 0 Å². The van der Waals surface area contributed by atoms with Gasteiger partial charge in [0.25, 0.3) is 0 Å². The lowest BCUT2D eigenvalue weighted by molar-refractivity contribution is 1.38. The molecule has 0 saturated heterocycles. The summed E-state index contributed by atoms with van der Waals surface area (Å²) in [5.74, 6) is 0. The van der Waals surface area contributed by atoms with Crippen LogP contribution in [0.1, 0.15) is 4.88 Å². The second-order valence-corrected chi connectivity index (χ2v) is 3.94. The van der Waals surface area contributed by atoms with Crippen molar-refractivity contribution in [2.75, 3.05) is 5.73 Å². The number of hydrogen-bond donors (Lipinski definition) is 1. The Balaban J connectivity index is 2.47. The summed E-state index contributed by atoms with van der Waals surface area (Å²) in [5.41, 5.74) is 10.4. The Morgan fingerprint density at radius 1 is 1.23 bits per heavy atom. The summed E-state index contributed by atoms with van der Waals surface area (Å²) in [7, 11) is 0. The third-order valence-corrected chi connectivity index (χ3v) is 2.69. The van der Waals surface area contributed by atoms with Crippen LogP contribution in [0, 0.1) is 6.92 Å². The predicted molar refractivity (Wildman–Crippen MR) is 56.7 cm³/mol. The van der Waals surface area contributed by atoms with Gasteiger partial charge in [-0.3, -0.25) is 0 Å². The molecular weight excluding hydrogens is 180 g/mol. The molecule has 0 spiro atoms. The fourth-order valence-electron chi connectivity index (χ4n) is 1.22. The van der Waals surface area contributed by atoms with E-state index in [9.17, 15) is 0 Å². The Labute approximate surface area is 81.1 Å². The molecule has 1 aromatic heterocycles. The highest BCUT2D eigenvalue weighted by molar-refractivity contribution is 7.10. The van der Waals surface area contributed by atoms with Crippen LogP contribution < -0.4 is 5.73 Å². The molecular formula is C10H10N2S. The third-order valence-electron chi connectivity index (χ3n) is 1.93. The van der Waals surface area contributed by atoms with E-state index in [1.807, 2.05) is 29.8 Å². The van der Waals surface area contributed by atoms with E-state index in [1.54, 1.807) is 11.3 Å². The lowest BCUT2D eigenvalue weighted by Crippen LogP contribution is -1.84. The summed E-state index contributed by atoms with van der Waals surface area (Å²) in [6, 6.07) is 7.79. The molecule has 0 atom stereocenters. The normalized spacial score (nSPS) is 10.2. The van der Waals surface area contributed by atoms with Crippen LogP contribution >= 0.6 is 11.3 Å². The fourth-order valence-corrected chi connectivity index (χ4v) is 1.82. The SMILES string of the molecule is Cc1scnc1-c1ccc(N)cc1. The van der Waals surface area contributed by atoms with Gasteiger partial charge in [0, 0.05) is 16.1 Å². The molecule has 0 amide bonds. The van der Waals surface area contributed by atoms with Gasteiger partial charge in [-0.15, -0.1) is 11.3 Å². The first-order valence-electron chi connectivity index (χ1n) is 4.03. The van der Waals surface area contributed by atoms with Crippen LogP contribution in [0.15, 0.2) is 29.8 Å². The van der Waals surface area contributed by atoms with Gasteiger partial charge in [0.1, 0.15) is 0 Å². The summed E-state index contributed by atoms with van der Waals surface area (Å²) >= 11 is 1.66. The van der Waals surface area contributed by atoms with Crippen molar-refractivity contribution in [1.82, 2.24) is 4.98 Å². The minimum Gasteiger partial charge on any atom is -0.399 e. The molecule has 66 valence electrons. The number of benzene rings is 1. The molecule has 0 saturated carbocycles. The molecule has 13 heavy (non-hydrogen) atoms. The summed E-state index contributed by atoms with van der Waals surface area (Å²) in [6.07, 6.45) is 0. The smallest absolute Gasteiger partial charge is 0.0840 e. The molecule has 0 aliphatic heterocycles. The largest absolute Gasteiger partial charge is 0.399 e. The lowest BCUT2D eigenvalue weighted by Gasteiger charge is -1.98. The highest BCUT2D eigenvalue weighted by Crippen LogP contribution is 2.24. The zero-order chi connectivity index (χ0) is 9.26. The Hall–Kier alpha value is -1.35. The Bertz CT molecular complexity index is 403. The highest BCUT2D eigenvalue weighted by Gasteiger charge is 2.03. The van der Waals surface area contributed by atoms with Gasteiger partial charge >= 0.3 is 0 Å². The van der Waals surface area contributed by atoms with Crippen LogP contribution in [0.4, 0.5) is 5.69 Å². The maximum atomic E-state index is 5.60. The van der Waals surface area contributed by atoms with Gasteiger partial charge in [-0.25, -0.2) is 4.98 Å². The van der Waals surface area contributed by atoms with Gasteiger partial charge in [0.15, 0.2) is 0 Å². The van der Waals surface area contributed by atoms with Crippen LogP contribution in [-0.2, 0) is 0 Å². The van der Waals surface area contributed by atoms with Crippen molar-refractivity contribution in [2.24, 2.45) is 0 Å². The quantitative estimate of drug-likeness (QED) is 0.702. The topological polar surface area (TPSA) is 38.9 Å². The third kappa shape index (κ3) is 1.55. The molecule has 2 nitrogen and oxygen atoms in total. The zero-order valence-corrected chi connectivity index (χ0v) is 8.14. The number of nitrogens with two attached hydrogens (primary N) is 1. The van der Waals surface area contributed by atoms with Crippen LogP contribution in [0.5, 0.6) is 0 Å². The van der Waals surface area contributed by atoms with Gasteiger partial charge in [-0.1, -0.05) is 12.1 Å². The molecule has 2 N–H and O–H groups in total. The average molecular weight is 190 g/mol. The van der Waals surface area contributed by atoms with Crippen LogP contribution in [0.3, 0.4) is 0 Å². The molecule has 1 aromatic carbocycles. The van der Waals surface area contributed by atoms with Crippen molar-refractivity contribution in [2.45, 2.75) is 6.92 Å². The summed E-state index contributed by atoms with van der Waals surface area (Å²) in [6.45, 7) is 2.07. The van der Waals surface area contributed by atoms with Gasteiger partial charge in [-0.2, -0.15) is 0 Å². The molecule has 0 radical (unpaired) electrons. The van der Waals surface area contributed by atoms with E-state index in [0.29, 0.717) is 0 Å². The molecule has 0 fully saturated rings. The molecule has 0 aliphatic rings. The van der Waals surface area contributed by atoms with Gasteiger partial charge in [-0.05, 0) is 19.1 Å². The van der Waals surface area contributed by atoms with Crippen LogP contribution in [0.25, 0.3) is 11.3 Å². The molecule has 2 aromatic rings. The van der Waals surface area contributed by atoms with E-state index in [1.165, 1.54) is 4.88 Å². The first kappa shape index (κ1) is 8.26. The summed E-state index contributed by atoms with van der Waals surface area (Å²) in [5, 5.41) is 0. The van der Waals surface area contributed by atoms with Crippen molar-refractivity contribution in [3.05, 3.63) is 34.7 Å². The Morgan fingerprint density at radius 3 is 2.46 bits per heavy atom. The van der Waals surface area contributed by atoms with E-state index in [2.05, 4.69) is 11.9 Å². The molecule has 0 bridgehead atoms. The summed E-state index contributed by atoms with van der Waals surface area (Å²) in [4.78, 5) is 5.53. The Kier molecular flexibility index (Phi) is 2.02. The van der Waals surface area contributed by atoms with Crippen LogP contribution in [-0.4, -0.2) is 4.98 Å². The summed E-state index contributed by atoms with van der Waals surface area (Å²) < 4.78 is 0. The van der Waals surface area contributed by atoms with Crippen molar-refractivity contribution in [3.8, 4) is 11.3 Å². The number of aromatic nitrogens is 1. The molecule has 2 rings (SSSR count). The second kappa shape index (κ2) is 3.18. The van der Waals surface area contributed by atoms with Crippen molar-refractivity contribution in [1.29, 1.82) is 0 Å². The number of hydrogen-bond acceptors (Lipinski definition) is 3. The zero-order valence-electron chi connectivity index (χ0n) is 7.32. The molecule has 0 unspecified atom stereocenters. The number of thiazole rings is 1. The predicted octanol–water partition coefficient (Wildman–Crippen LogP) is 2.70. The average Bonchev–Trinajstić information content (AvgIpc) is 2.53. The lowest BCUT2D eigenvalue weighted by atomic mass is 10.1. The number of nitrogens with zero attached hydrogens (tertiary/aromatic N) is 1. The fraction of sp³-hybridized carbons (Fsp3) is 0.100. The number of aryl methyl sites for hydroxylation is 1. The monoisotopic (exact) mass is 190 g/mol. The first-order chi connectivity index (χ1) is 6.27. The molecule has 3 heteroatoms. The van der Waals surface area contributed by atoms with Gasteiger partial charge in [0.05, 0.1) is 11.2 Å². The van der Waals surface area contributed by atoms with Gasteiger partial charge in [0.2, 0.25) is 0 Å². The number of nitrogen functional groups attached to an aromatic ring is 1. The van der Waals surface area contributed by atoms with Crippen LogP contribution in [0.2, 0.25) is 0 Å². The Morgan fingerprint density at radius 2 is 1.92 bits per heavy atom. The standard InChI is InChI=1S/C10H10N2S/c1-7-10(12-6-13-7)8-2-4-9(11)5-3-8/h2-6H,11H2,1H3. The van der Waals surface area contributed by atoms with E-state index in [-0.39, 0.29) is 0 Å². The number of anilines is 1. The van der Waals surface area contributed by atoms with Crippen molar-refractivity contribution >= 4 is 17.0 Å². The van der Waals surface area contributed by atoms with Crippen molar-refractivity contribution in [3.63, 3.8) is 0 Å². The second-order valence-electron chi connectivity index (χ2n) is 2.88. The van der Waals surface area contributed by atoms with E-state index in [4.69, 9.17) is 5.73 Å². The van der Waals surface area contributed by atoms with E-state index < -0.39 is 0 Å². The van der Waals surface area contributed by atoms with Gasteiger partial charge < -0.3 is 5.73 Å².